The molecule has 2 atom stereocenters. The fourth-order valence-corrected chi connectivity index (χ4v) is 6.96. The van der Waals surface area contributed by atoms with Crippen molar-refractivity contribution < 1.29 is 4.42 Å². The van der Waals surface area contributed by atoms with Crippen LogP contribution in [-0.4, -0.2) is 4.98 Å². The van der Waals surface area contributed by atoms with Gasteiger partial charge in [0, 0.05) is 16.6 Å². The van der Waals surface area contributed by atoms with Crippen LogP contribution in [-0.2, 0) is 12.8 Å². The molecule has 222 valence electrons. The molecule has 3 aromatic carbocycles. The summed E-state index contributed by atoms with van der Waals surface area (Å²) in [4.78, 5) is 3.82. The van der Waals surface area contributed by atoms with Crippen LogP contribution in [0.15, 0.2) is 65.3 Å². The molecule has 5 aromatic rings. The highest BCUT2D eigenvalue weighted by molar-refractivity contribution is 5.83. The molecule has 0 saturated carbocycles. The van der Waals surface area contributed by atoms with Gasteiger partial charge in [0.2, 0.25) is 0 Å². The maximum absolute atomic E-state index is 5.78. The van der Waals surface area contributed by atoms with Gasteiger partial charge >= 0.3 is 0 Å². The molecule has 0 aliphatic heterocycles. The predicted molar refractivity (Wildman–Crippen MR) is 182 cm³/mol. The number of rotatable bonds is 10. The van der Waals surface area contributed by atoms with Gasteiger partial charge in [0.15, 0.2) is 0 Å². The molecule has 0 spiro atoms. The van der Waals surface area contributed by atoms with E-state index in [1.807, 2.05) is 0 Å². The summed E-state index contributed by atoms with van der Waals surface area (Å²) in [5.74, 6) is 2.87. The van der Waals surface area contributed by atoms with Gasteiger partial charge in [0.05, 0.1) is 6.26 Å². The molecule has 42 heavy (non-hydrogen) atoms. The molecule has 0 radical (unpaired) electrons. The second kappa shape index (κ2) is 12.2. The minimum absolute atomic E-state index is 0.386. The number of fused-ring (bicyclic) bond motifs is 2. The minimum atomic E-state index is 0.386. The van der Waals surface area contributed by atoms with Crippen molar-refractivity contribution in [2.45, 2.75) is 118 Å². The van der Waals surface area contributed by atoms with Crippen molar-refractivity contribution >= 4 is 21.9 Å². The molecule has 2 aromatic heterocycles. The molecule has 2 nitrogen and oxygen atoms in total. The molecular formula is C40H51NO. The lowest BCUT2D eigenvalue weighted by atomic mass is 9.83. The number of hydrogen-bond acceptors (Lipinski definition) is 1. The zero-order valence-electron chi connectivity index (χ0n) is 27.6. The quantitative estimate of drug-likeness (QED) is 0.180. The Kier molecular flexibility index (Phi) is 8.74. The average Bonchev–Trinajstić information content (AvgIpc) is 3.56. The molecular weight excluding hydrogens is 510 g/mol. The number of H-pyrrole nitrogens is 1. The van der Waals surface area contributed by atoms with E-state index in [2.05, 4.69) is 129 Å². The number of hydrogen-bond donors (Lipinski definition) is 1. The fourth-order valence-electron chi connectivity index (χ4n) is 6.96. The normalized spacial score (nSPS) is 13.9. The first-order valence-electron chi connectivity index (χ1n) is 16.2. The fraction of sp³-hybridized carbons (Fsp3) is 0.450. The Morgan fingerprint density at radius 1 is 0.524 bits per heavy atom. The third-order valence-corrected chi connectivity index (χ3v) is 9.31. The SMILES string of the molecule is CC(C)c1ccc(CC(C)c2cc3[nH]c(CC(C)c4cc5occc5cc4C(C)C)cc3cc2C(C)C)cc1C(C)C. The lowest BCUT2D eigenvalue weighted by molar-refractivity contribution is 0.613. The Balaban J connectivity index is 1.44. The molecule has 0 saturated heterocycles. The first-order chi connectivity index (χ1) is 19.9. The first-order valence-corrected chi connectivity index (χ1v) is 16.2. The molecule has 0 fully saturated rings. The van der Waals surface area contributed by atoms with E-state index in [1.165, 1.54) is 60.9 Å². The summed E-state index contributed by atoms with van der Waals surface area (Å²) < 4.78 is 5.78. The van der Waals surface area contributed by atoms with Crippen LogP contribution in [0, 0.1) is 0 Å². The van der Waals surface area contributed by atoms with Crippen molar-refractivity contribution in [1.82, 2.24) is 4.98 Å². The molecule has 2 heterocycles. The van der Waals surface area contributed by atoms with Gasteiger partial charge in [-0.1, -0.05) is 87.4 Å². The summed E-state index contributed by atoms with van der Waals surface area (Å²) in [5.41, 5.74) is 13.8. The van der Waals surface area contributed by atoms with E-state index in [4.69, 9.17) is 4.42 Å². The van der Waals surface area contributed by atoms with E-state index >= 15 is 0 Å². The van der Waals surface area contributed by atoms with Crippen LogP contribution in [0.5, 0.6) is 0 Å². The summed E-state index contributed by atoms with van der Waals surface area (Å²) in [5, 5.41) is 2.52. The Labute approximate surface area is 253 Å². The first kappa shape index (κ1) is 30.2. The zero-order chi connectivity index (χ0) is 30.3. The Hall–Kier alpha value is -3.26. The maximum Gasteiger partial charge on any atom is 0.134 e. The van der Waals surface area contributed by atoms with Crippen LogP contribution in [0.2, 0.25) is 0 Å². The number of benzene rings is 3. The van der Waals surface area contributed by atoms with E-state index in [1.54, 1.807) is 6.26 Å². The molecule has 0 amide bonds. The van der Waals surface area contributed by atoms with Crippen molar-refractivity contribution in [1.29, 1.82) is 0 Å². The number of aromatic nitrogens is 1. The van der Waals surface area contributed by atoms with Crippen LogP contribution >= 0.6 is 0 Å². The van der Waals surface area contributed by atoms with Crippen molar-refractivity contribution in [2.24, 2.45) is 0 Å². The summed E-state index contributed by atoms with van der Waals surface area (Å²) in [6.45, 7) is 23.3. The van der Waals surface area contributed by atoms with Gasteiger partial charge in [-0.15, -0.1) is 0 Å². The van der Waals surface area contributed by atoms with Crippen LogP contribution in [0.25, 0.3) is 21.9 Å². The highest BCUT2D eigenvalue weighted by atomic mass is 16.3. The Morgan fingerprint density at radius 3 is 1.74 bits per heavy atom. The summed E-state index contributed by atoms with van der Waals surface area (Å²) >= 11 is 0. The smallest absolute Gasteiger partial charge is 0.134 e. The largest absolute Gasteiger partial charge is 0.464 e. The van der Waals surface area contributed by atoms with Gasteiger partial charge < -0.3 is 9.40 Å². The molecule has 0 bridgehead atoms. The van der Waals surface area contributed by atoms with Crippen molar-refractivity contribution in [3.05, 3.63) is 105 Å². The van der Waals surface area contributed by atoms with Gasteiger partial charge in [0.1, 0.15) is 5.58 Å². The number of aromatic amines is 1. The Morgan fingerprint density at radius 2 is 1.10 bits per heavy atom. The molecule has 0 aliphatic carbocycles. The molecule has 2 heteroatoms. The van der Waals surface area contributed by atoms with Gasteiger partial charge in [-0.3, -0.25) is 0 Å². The summed E-state index contributed by atoms with van der Waals surface area (Å²) in [6, 6.07) is 21.2. The van der Waals surface area contributed by atoms with Crippen molar-refractivity contribution in [3.63, 3.8) is 0 Å². The monoisotopic (exact) mass is 561 g/mol. The van der Waals surface area contributed by atoms with Gasteiger partial charge in [-0.05, 0) is 129 Å². The lowest BCUT2D eigenvalue weighted by Gasteiger charge is -2.21. The summed E-state index contributed by atoms with van der Waals surface area (Å²) in [6.07, 6.45) is 3.83. The van der Waals surface area contributed by atoms with Crippen molar-refractivity contribution in [3.8, 4) is 0 Å². The van der Waals surface area contributed by atoms with Crippen molar-refractivity contribution in [2.75, 3.05) is 0 Å². The Bertz CT molecular complexity index is 1680. The van der Waals surface area contributed by atoms with E-state index in [9.17, 15) is 0 Å². The standard InChI is InChI=1S/C40H51NO/c1-23(2)33-12-11-29(17-34(33)24(3)4)15-27(9)37-21-39-31(20-36(37)26(7)8)18-32(41-39)16-28(10)38-22-40-30(13-14-42-40)19-35(38)25(5)6/h11-14,17-28,41H,15-16H2,1-10H3. The second-order valence-corrected chi connectivity index (χ2v) is 14.1. The van der Waals surface area contributed by atoms with Crippen LogP contribution in [0.3, 0.4) is 0 Å². The van der Waals surface area contributed by atoms with Gasteiger partial charge in [-0.25, -0.2) is 0 Å². The zero-order valence-corrected chi connectivity index (χ0v) is 27.6. The van der Waals surface area contributed by atoms with Crippen LogP contribution in [0.1, 0.15) is 149 Å². The van der Waals surface area contributed by atoms with E-state index in [0.717, 1.165) is 18.4 Å². The molecule has 5 rings (SSSR count). The highest BCUT2D eigenvalue weighted by Crippen LogP contribution is 2.36. The summed E-state index contributed by atoms with van der Waals surface area (Å²) in [7, 11) is 0. The topological polar surface area (TPSA) is 28.9 Å². The van der Waals surface area contributed by atoms with E-state index < -0.39 is 0 Å². The maximum atomic E-state index is 5.78. The third kappa shape index (κ3) is 6.10. The van der Waals surface area contributed by atoms with Crippen LogP contribution < -0.4 is 0 Å². The lowest BCUT2D eigenvalue weighted by Crippen LogP contribution is -2.06. The minimum Gasteiger partial charge on any atom is -0.464 e. The third-order valence-electron chi connectivity index (χ3n) is 9.31. The number of nitrogens with one attached hydrogen (secondary N) is 1. The molecule has 2 unspecified atom stereocenters. The average molecular weight is 562 g/mol. The molecule has 1 N–H and O–H groups in total. The van der Waals surface area contributed by atoms with Gasteiger partial charge in [0.25, 0.3) is 0 Å². The predicted octanol–water partition coefficient (Wildman–Crippen LogP) is 12.1. The van der Waals surface area contributed by atoms with Crippen LogP contribution in [0.4, 0.5) is 0 Å². The highest BCUT2D eigenvalue weighted by Gasteiger charge is 2.20. The van der Waals surface area contributed by atoms with E-state index in [-0.39, 0.29) is 0 Å². The number of furan rings is 1. The van der Waals surface area contributed by atoms with Gasteiger partial charge in [-0.2, -0.15) is 0 Å². The van der Waals surface area contributed by atoms with E-state index in [0.29, 0.717) is 35.5 Å². The molecule has 0 aliphatic rings. The second-order valence-electron chi connectivity index (χ2n) is 14.1.